The van der Waals surface area contributed by atoms with Gasteiger partial charge in [0.15, 0.2) is 23.1 Å². The molecule has 3 aromatic heterocycles. The number of halogens is 1. The third kappa shape index (κ3) is 5.45. The fraction of sp³-hybridized carbons (Fsp3) is 0.0909. The van der Waals surface area contributed by atoms with Gasteiger partial charge in [0.25, 0.3) is 11.5 Å². The highest BCUT2D eigenvalue weighted by Gasteiger charge is 2.23. The van der Waals surface area contributed by atoms with Gasteiger partial charge in [0, 0.05) is 42.2 Å². The number of hydrogen-bond acceptors (Lipinski definition) is 7. The summed E-state index contributed by atoms with van der Waals surface area (Å²) >= 11 is 0. The maximum absolute atomic E-state index is 15.2. The minimum atomic E-state index is -0.632. The van der Waals surface area contributed by atoms with Gasteiger partial charge in [-0.3, -0.25) is 24.7 Å². The van der Waals surface area contributed by atoms with Gasteiger partial charge in [0.1, 0.15) is 11.3 Å². The van der Waals surface area contributed by atoms with Crippen molar-refractivity contribution in [1.82, 2.24) is 25.1 Å². The fourth-order valence-electron chi connectivity index (χ4n) is 4.80. The number of para-hydroxylation sites is 1. The first-order valence-corrected chi connectivity index (χ1v) is 13.5. The smallest absolute Gasteiger partial charge is 0.284 e. The number of rotatable bonds is 9. The van der Waals surface area contributed by atoms with Crippen LogP contribution in [0, 0.1) is 5.82 Å². The van der Waals surface area contributed by atoms with E-state index in [1.807, 2.05) is 6.07 Å². The lowest BCUT2D eigenvalue weighted by atomic mass is 10.1. The average Bonchev–Trinajstić information content (AvgIpc) is 3.41. The molecule has 11 heteroatoms. The molecule has 0 saturated carbocycles. The number of nitrogens with zero attached hydrogens (tertiary/aromatic N) is 3. The van der Waals surface area contributed by atoms with Crippen LogP contribution in [-0.2, 0) is 6.54 Å². The van der Waals surface area contributed by atoms with Crippen molar-refractivity contribution >= 4 is 16.8 Å². The molecule has 0 aliphatic heterocycles. The minimum Gasteiger partial charge on any atom is -0.493 e. The minimum absolute atomic E-state index is 0.0151. The molecule has 2 N–H and O–H groups in total. The van der Waals surface area contributed by atoms with Crippen LogP contribution in [0.15, 0.2) is 102 Å². The van der Waals surface area contributed by atoms with E-state index in [1.165, 1.54) is 31.0 Å². The van der Waals surface area contributed by atoms with Crippen LogP contribution in [0.3, 0.4) is 0 Å². The number of amides is 1. The molecule has 3 heterocycles. The lowest BCUT2D eigenvalue weighted by Gasteiger charge is -2.13. The second kappa shape index (κ2) is 12.1. The van der Waals surface area contributed by atoms with E-state index in [0.29, 0.717) is 50.7 Å². The molecule has 220 valence electrons. The van der Waals surface area contributed by atoms with Gasteiger partial charge in [-0.15, -0.1) is 0 Å². The standard InChI is InChI=1S/C33H26FN5O5/c1-42-28-17-23-25(18-29(28)43-2)36-15-12-26(23)44-27-9-8-20(16-24(27)34)19-37-32(40)30-31(21-10-13-35-14-11-21)38-39(33(30)41)22-6-4-3-5-7-22/h3-18,38H,19H2,1-2H3,(H,37,40). The topological polar surface area (TPSA) is 120 Å². The summed E-state index contributed by atoms with van der Waals surface area (Å²) in [6.07, 6.45) is 4.70. The average molecular weight is 592 g/mol. The van der Waals surface area contributed by atoms with Crippen molar-refractivity contribution in [1.29, 1.82) is 0 Å². The summed E-state index contributed by atoms with van der Waals surface area (Å²) in [5.74, 6) is 0.109. The number of aromatic nitrogens is 4. The van der Waals surface area contributed by atoms with E-state index in [4.69, 9.17) is 14.2 Å². The number of methoxy groups -OCH3 is 2. The molecule has 0 aliphatic rings. The quantitative estimate of drug-likeness (QED) is 0.223. The molecule has 6 rings (SSSR count). The fourth-order valence-corrected chi connectivity index (χ4v) is 4.80. The Kier molecular flexibility index (Phi) is 7.75. The number of ether oxygens (including phenoxy) is 3. The molecule has 44 heavy (non-hydrogen) atoms. The van der Waals surface area contributed by atoms with E-state index in [9.17, 15) is 9.59 Å². The van der Waals surface area contributed by atoms with E-state index >= 15 is 4.39 Å². The number of H-pyrrole nitrogens is 1. The normalized spacial score (nSPS) is 10.9. The number of fused-ring (bicyclic) bond motifs is 1. The Hall–Kier alpha value is -5.97. The predicted octanol–water partition coefficient (Wildman–Crippen LogP) is 5.65. The Morgan fingerprint density at radius 3 is 2.36 bits per heavy atom. The van der Waals surface area contributed by atoms with Crippen molar-refractivity contribution < 1.29 is 23.4 Å². The second-order valence-electron chi connectivity index (χ2n) is 9.66. The van der Waals surface area contributed by atoms with Crippen molar-refractivity contribution in [3.05, 3.63) is 125 Å². The van der Waals surface area contributed by atoms with E-state index in [2.05, 4.69) is 20.4 Å². The van der Waals surface area contributed by atoms with Gasteiger partial charge in [0.2, 0.25) is 0 Å². The SMILES string of the molecule is COc1cc2nccc(Oc3ccc(CNC(=O)c4c(-c5ccncc5)[nH]n(-c5ccccc5)c4=O)cc3F)c2cc1OC. The molecule has 0 saturated heterocycles. The Labute approximate surface area is 250 Å². The summed E-state index contributed by atoms with van der Waals surface area (Å²) in [5.41, 5.74) is 1.99. The zero-order chi connectivity index (χ0) is 30.6. The van der Waals surface area contributed by atoms with Crippen LogP contribution in [0.5, 0.6) is 23.0 Å². The third-order valence-corrected chi connectivity index (χ3v) is 6.98. The van der Waals surface area contributed by atoms with E-state index < -0.39 is 17.3 Å². The zero-order valence-electron chi connectivity index (χ0n) is 23.7. The molecule has 3 aromatic carbocycles. The summed E-state index contributed by atoms with van der Waals surface area (Å²) in [7, 11) is 3.05. The van der Waals surface area contributed by atoms with E-state index in [0.717, 1.165) is 0 Å². The van der Waals surface area contributed by atoms with Crippen molar-refractivity contribution in [2.45, 2.75) is 6.54 Å². The summed E-state index contributed by atoms with van der Waals surface area (Å²) in [5, 5.41) is 6.40. The van der Waals surface area contributed by atoms with Crippen LogP contribution in [0.2, 0.25) is 0 Å². The maximum Gasteiger partial charge on any atom is 0.284 e. The first kappa shape index (κ1) is 28.2. The molecule has 0 bridgehead atoms. The molecule has 0 spiro atoms. The Bertz CT molecular complexity index is 2030. The van der Waals surface area contributed by atoms with Crippen molar-refractivity contribution in [2.24, 2.45) is 0 Å². The van der Waals surface area contributed by atoms with Gasteiger partial charge < -0.3 is 19.5 Å². The largest absolute Gasteiger partial charge is 0.493 e. The Balaban J connectivity index is 1.24. The number of pyridine rings is 2. The van der Waals surface area contributed by atoms with Crippen LogP contribution in [-0.4, -0.2) is 39.9 Å². The lowest BCUT2D eigenvalue weighted by Crippen LogP contribution is -2.29. The molecule has 0 atom stereocenters. The molecule has 0 aliphatic carbocycles. The number of carbonyl (C=O) groups is 1. The van der Waals surface area contributed by atoms with Gasteiger partial charge >= 0.3 is 0 Å². The highest BCUT2D eigenvalue weighted by molar-refractivity contribution is 5.99. The molecule has 0 radical (unpaired) electrons. The number of hydrogen-bond donors (Lipinski definition) is 2. The molecular formula is C33H26FN5O5. The number of aromatic amines is 1. The van der Waals surface area contributed by atoms with Gasteiger partial charge in [0.05, 0.1) is 31.1 Å². The third-order valence-electron chi connectivity index (χ3n) is 6.98. The van der Waals surface area contributed by atoms with Crippen LogP contribution in [0.4, 0.5) is 4.39 Å². The monoisotopic (exact) mass is 591 g/mol. The van der Waals surface area contributed by atoms with Gasteiger partial charge in [-0.2, -0.15) is 0 Å². The second-order valence-corrected chi connectivity index (χ2v) is 9.66. The van der Waals surface area contributed by atoms with Crippen LogP contribution in [0.25, 0.3) is 27.8 Å². The van der Waals surface area contributed by atoms with Gasteiger partial charge in [-0.25, -0.2) is 9.07 Å². The van der Waals surface area contributed by atoms with E-state index in [1.54, 1.807) is 79.3 Å². The van der Waals surface area contributed by atoms with Gasteiger partial charge in [-0.05, 0) is 54.1 Å². The highest BCUT2D eigenvalue weighted by atomic mass is 19.1. The summed E-state index contributed by atoms with van der Waals surface area (Å²) in [4.78, 5) is 35.2. The zero-order valence-corrected chi connectivity index (χ0v) is 23.7. The van der Waals surface area contributed by atoms with Crippen molar-refractivity contribution in [2.75, 3.05) is 14.2 Å². The predicted molar refractivity (Wildman–Crippen MR) is 162 cm³/mol. The summed E-state index contributed by atoms with van der Waals surface area (Å²) in [6, 6.07) is 21.8. The lowest BCUT2D eigenvalue weighted by molar-refractivity contribution is 0.0950. The molecule has 6 aromatic rings. The summed E-state index contributed by atoms with van der Waals surface area (Å²) in [6.45, 7) is -0.0308. The first-order valence-electron chi connectivity index (χ1n) is 13.5. The number of benzene rings is 3. The number of nitrogens with one attached hydrogen (secondary N) is 2. The molecule has 1 amide bonds. The molecule has 0 unspecified atom stereocenters. The van der Waals surface area contributed by atoms with Crippen LogP contribution < -0.4 is 25.1 Å². The van der Waals surface area contributed by atoms with Crippen LogP contribution in [0.1, 0.15) is 15.9 Å². The van der Waals surface area contributed by atoms with Gasteiger partial charge in [-0.1, -0.05) is 24.3 Å². The molecule has 10 nitrogen and oxygen atoms in total. The molecular weight excluding hydrogens is 565 g/mol. The number of carbonyl (C=O) groups excluding carboxylic acids is 1. The highest BCUT2D eigenvalue weighted by Crippen LogP contribution is 2.37. The Morgan fingerprint density at radius 2 is 1.64 bits per heavy atom. The van der Waals surface area contributed by atoms with Crippen LogP contribution >= 0.6 is 0 Å². The van der Waals surface area contributed by atoms with E-state index in [-0.39, 0.29) is 17.9 Å². The molecule has 0 fully saturated rings. The summed E-state index contributed by atoms with van der Waals surface area (Å²) < 4.78 is 33.2. The maximum atomic E-state index is 15.2. The Morgan fingerprint density at radius 1 is 0.886 bits per heavy atom. The van der Waals surface area contributed by atoms with Crippen molar-refractivity contribution in [3.63, 3.8) is 0 Å². The van der Waals surface area contributed by atoms with Crippen molar-refractivity contribution in [3.8, 4) is 39.9 Å². The first-order chi connectivity index (χ1) is 21.5.